The van der Waals surface area contributed by atoms with Crippen molar-refractivity contribution in [3.05, 3.63) is 65.7 Å². The molecule has 8 heteroatoms. The summed E-state index contributed by atoms with van der Waals surface area (Å²) in [4.78, 5) is 16.1. The summed E-state index contributed by atoms with van der Waals surface area (Å²) < 4.78 is 38.3. The molecule has 1 heterocycles. The highest BCUT2D eigenvalue weighted by molar-refractivity contribution is 7.88. The number of hydrogen-bond donors (Lipinski definition) is 1. The minimum absolute atomic E-state index is 0.0143. The van der Waals surface area contributed by atoms with E-state index in [4.69, 9.17) is 0 Å². The first-order valence-electron chi connectivity index (χ1n) is 7.71. The summed E-state index contributed by atoms with van der Waals surface area (Å²) in [6.45, 7) is -0.0754. The van der Waals surface area contributed by atoms with Crippen molar-refractivity contribution < 1.29 is 17.6 Å². The molecule has 25 heavy (non-hydrogen) atoms. The molecule has 0 saturated carbocycles. The van der Waals surface area contributed by atoms with Crippen LogP contribution in [0.5, 0.6) is 0 Å². The number of rotatable bonds is 8. The van der Waals surface area contributed by atoms with Crippen LogP contribution in [0.15, 0.2) is 48.7 Å². The average Bonchev–Trinajstić information content (AvgIpc) is 2.56. The molecule has 0 unspecified atom stereocenters. The molecule has 2 aromatic rings. The first kappa shape index (κ1) is 19.0. The molecule has 0 fully saturated rings. The summed E-state index contributed by atoms with van der Waals surface area (Å²) in [6.07, 6.45) is 2.93. The Hall–Kier alpha value is -2.32. The maximum Gasteiger partial charge on any atom is 0.235 e. The summed E-state index contributed by atoms with van der Waals surface area (Å²) in [5, 5.41) is 2.61. The summed E-state index contributed by atoms with van der Waals surface area (Å²) in [5.41, 5.74) is 1.04. The number of hydrogen-bond acceptors (Lipinski definition) is 4. The van der Waals surface area contributed by atoms with Crippen LogP contribution < -0.4 is 5.32 Å². The Balaban J connectivity index is 1.90. The monoisotopic (exact) mass is 365 g/mol. The van der Waals surface area contributed by atoms with Crippen molar-refractivity contribution >= 4 is 15.9 Å². The van der Waals surface area contributed by atoms with Crippen molar-refractivity contribution in [3.63, 3.8) is 0 Å². The third kappa shape index (κ3) is 6.24. The second-order valence-electron chi connectivity index (χ2n) is 5.54. The van der Waals surface area contributed by atoms with Crippen LogP contribution in [0.3, 0.4) is 0 Å². The Morgan fingerprint density at radius 1 is 1.20 bits per heavy atom. The predicted molar refractivity (Wildman–Crippen MR) is 92.6 cm³/mol. The predicted octanol–water partition coefficient (Wildman–Crippen LogP) is 1.34. The normalized spacial score (nSPS) is 11.5. The molecule has 0 aliphatic carbocycles. The van der Waals surface area contributed by atoms with Crippen molar-refractivity contribution in [1.29, 1.82) is 0 Å². The molecule has 1 aromatic carbocycles. The van der Waals surface area contributed by atoms with Crippen LogP contribution in [0.1, 0.15) is 11.3 Å². The van der Waals surface area contributed by atoms with Crippen LogP contribution >= 0.6 is 0 Å². The fourth-order valence-corrected chi connectivity index (χ4v) is 2.94. The van der Waals surface area contributed by atoms with Crippen molar-refractivity contribution in [2.75, 3.05) is 19.3 Å². The maximum atomic E-state index is 13.5. The van der Waals surface area contributed by atoms with Crippen molar-refractivity contribution in [1.82, 2.24) is 14.6 Å². The number of nitrogens with zero attached hydrogens (tertiary/aromatic N) is 2. The average molecular weight is 365 g/mol. The third-order valence-corrected chi connectivity index (χ3v) is 4.72. The van der Waals surface area contributed by atoms with Gasteiger partial charge >= 0.3 is 0 Å². The van der Waals surface area contributed by atoms with Crippen LogP contribution in [0.25, 0.3) is 0 Å². The van der Waals surface area contributed by atoms with Crippen molar-refractivity contribution in [2.45, 2.75) is 13.0 Å². The summed E-state index contributed by atoms with van der Waals surface area (Å²) in [5.74, 6) is -0.776. The van der Waals surface area contributed by atoms with Gasteiger partial charge in [0.05, 0.1) is 25.0 Å². The second kappa shape index (κ2) is 8.68. The molecule has 0 atom stereocenters. The number of carbonyl (C=O) groups excluding carboxylic acids is 1. The summed E-state index contributed by atoms with van der Waals surface area (Å²) in [6, 6.07) is 11.5. The van der Waals surface area contributed by atoms with E-state index in [1.807, 2.05) is 0 Å². The number of nitrogens with one attached hydrogen (secondary N) is 1. The number of aromatic nitrogens is 1. The Labute approximate surface area is 146 Å². The van der Waals surface area contributed by atoms with E-state index in [0.29, 0.717) is 17.7 Å². The molecule has 2 rings (SSSR count). The first-order chi connectivity index (χ1) is 11.9. The van der Waals surface area contributed by atoms with E-state index in [9.17, 15) is 17.6 Å². The fourth-order valence-electron chi connectivity index (χ4n) is 2.22. The number of sulfonamides is 1. The Morgan fingerprint density at radius 3 is 2.56 bits per heavy atom. The Bertz CT molecular complexity index is 813. The molecule has 1 N–H and O–H groups in total. The highest BCUT2D eigenvalue weighted by Gasteiger charge is 2.20. The van der Waals surface area contributed by atoms with E-state index in [1.165, 1.54) is 6.07 Å². The van der Waals surface area contributed by atoms with Gasteiger partial charge in [-0.2, -0.15) is 4.31 Å². The molecule has 0 aliphatic heterocycles. The molecule has 0 radical (unpaired) electrons. The van der Waals surface area contributed by atoms with Crippen LogP contribution in [0.4, 0.5) is 4.39 Å². The topological polar surface area (TPSA) is 79.4 Å². The number of amides is 1. The quantitative estimate of drug-likeness (QED) is 0.766. The SMILES string of the molecule is CS(=O)(=O)N(CC(=O)NCCc1ccccc1F)Cc1ccccn1. The van der Waals surface area contributed by atoms with E-state index in [0.717, 1.165) is 10.6 Å². The molecule has 1 amide bonds. The van der Waals surface area contributed by atoms with E-state index >= 15 is 0 Å². The number of carbonyl (C=O) groups is 1. The lowest BCUT2D eigenvalue weighted by atomic mass is 10.1. The zero-order valence-electron chi connectivity index (χ0n) is 13.9. The minimum Gasteiger partial charge on any atom is -0.355 e. The number of benzene rings is 1. The second-order valence-corrected chi connectivity index (χ2v) is 7.53. The summed E-state index contributed by atoms with van der Waals surface area (Å²) >= 11 is 0. The summed E-state index contributed by atoms with van der Waals surface area (Å²) in [7, 11) is -3.57. The lowest BCUT2D eigenvalue weighted by Gasteiger charge is -2.19. The third-order valence-electron chi connectivity index (χ3n) is 3.53. The standard InChI is InChI=1S/C17H20FN3O3S/c1-25(23,24)21(12-15-7-4-5-10-19-15)13-17(22)20-11-9-14-6-2-3-8-16(14)18/h2-8,10H,9,11-13H2,1H3,(H,20,22). The van der Waals surface area contributed by atoms with Crippen LogP contribution in [-0.2, 0) is 27.8 Å². The highest BCUT2D eigenvalue weighted by Crippen LogP contribution is 2.07. The molecule has 134 valence electrons. The van der Waals surface area contributed by atoms with E-state index in [-0.39, 0.29) is 25.5 Å². The molecule has 0 saturated heterocycles. The Morgan fingerprint density at radius 2 is 1.92 bits per heavy atom. The van der Waals surface area contributed by atoms with Gasteiger partial charge in [0.25, 0.3) is 0 Å². The molecule has 0 bridgehead atoms. The zero-order valence-corrected chi connectivity index (χ0v) is 14.7. The van der Waals surface area contributed by atoms with Crippen LogP contribution in [0.2, 0.25) is 0 Å². The van der Waals surface area contributed by atoms with E-state index < -0.39 is 15.9 Å². The molecule has 0 spiro atoms. The van der Waals surface area contributed by atoms with Crippen molar-refractivity contribution in [3.8, 4) is 0 Å². The van der Waals surface area contributed by atoms with Gasteiger partial charge in [0.15, 0.2) is 0 Å². The molecule has 6 nitrogen and oxygen atoms in total. The van der Waals surface area contributed by atoms with E-state index in [2.05, 4.69) is 10.3 Å². The Kier molecular flexibility index (Phi) is 6.60. The van der Waals surface area contributed by atoms with Crippen molar-refractivity contribution in [2.24, 2.45) is 0 Å². The van der Waals surface area contributed by atoms with Gasteiger partial charge in [0, 0.05) is 12.7 Å². The lowest BCUT2D eigenvalue weighted by Crippen LogP contribution is -2.40. The maximum absolute atomic E-state index is 13.5. The van der Waals surface area contributed by atoms with Gasteiger partial charge in [-0.05, 0) is 30.2 Å². The first-order valence-corrected chi connectivity index (χ1v) is 9.56. The highest BCUT2D eigenvalue weighted by atomic mass is 32.2. The van der Waals surface area contributed by atoms with Gasteiger partial charge < -0.3 is 5.32 Å². The lowest BCUT2D eigenvalue weighted by molar-refractivity contribution is -0.121. The number of halogens is 1. The van der Waals surface area contributed by atoms with Gasteiger partial charge in [0.1, 0.15) is 5.82 Å². The van der Waals surface area contributed by atoms with Gasteiger partial charge in [-0.25, -0.2) is 12.8 Å². The molecule has 0 aliphatic rings. The molecular weight excluding hydrogens is 345 g/mol. The molecule has 1 aromatic heterocycles. The van der Waals surface area contributed by atoms with Gasteiger partial charge in [0.2, 0.25) is 15.9 Å². The van der Waals surface area contributed by atoms with E-state index in [1.54, 1.807) is 42.6 Å². The molecular formula is C17H20FN3O3S. The number of pyridine rings is 1. The zero-order chi connectivity index (χ0) is 18.3. The van der Waals surface area contributed by atoms with Crippen LogP contribution in [-0.4, -0.2) is 43.0 Å². The fraction of sp³-hybridized carbons (Fsp3) is 0.294. The smallest absolute Gasteiger partial charge is 0.235 e. The largest absolute Gasteiger partial charge is 0.355 e. The minimum atomic E-state index is -3.57. The van der Waals surface area contributed by atoms with Gasteiger partial charge in [-0.15, -0.1) is 0 Å². The van der Waals surface area contributed by atoms with Crippen LogP contribution in [0, 0.1) is 5.82 Å². The van der Waals surface area contributed by atoms with Gasteiger partial charge in [-0.3, -0.25) is 9.78 Å². The van der Waals surface area contributed by atoms with Gasteiger partial charge in [-0.1, -0.05) is 24.3 Å².